The highest BCUT2D eigenvalue weighted by atomic mass is 16.5. The van der Waals surface area contributed by atoms with Gasteiger partial charge in [-0.15, -0.1) is 5.10 Å². The SMILES string of the molecule is COCCOc1ccc(N2CCN(CCn3c(=O)n(C)c4c3nc(N)n3nc(-c5ccccc5)nc43)CC2)cc1. The molecule has 12 heteroatoms. The molecule has 1 saturated heterocycles. The second-order valence-corrected chi connectivity index (χ2v) is 9.84. The number of benzene rings is 2. The highest BCUT2D eigenvalue weighted by molar-refractivity contribution is 5.88. The highest BCUT2D eigenvalue weighted by Gasteiger charge is 2.22. The number of nitrogen functional groups attached to an aromatic ring is 1. The van der Waals surface area contributed by atoms with E-state index in [0.29, 0.717) is 42.4 Å². The Balaban J connectivity index is 1.15. The number of aryl methyl sites for hydroxylation is 1. The van der Waals surface area contributed by atoms with Gasteiger partial charge in [0.1, 0.15) is 17.9 Å². The van der Waals surface area contributed by atoms with Gasteiger partial charge in [0.15, 0.2) is 17.1 Å². The summed E-state index contributed by atoms with van der Waals surface area (Å²) < 4.78 is 15.5. The van der Waals surface area contributed by atoms with Crippen LogP contribution in [0.25, 0.3) is 28.2 Å². The Kier molecular flexibility index (Phi) is 7.10. The van der Waals surface area contributed by atoms with Gasteiger partial charge in [0.05, 0.1) is 6.61 Å². The molecule has 0 aliphatic carbocycles. The molecule has 0 atom stereocenters. The van der Waals surface area contributed by atoms with E-state index in [1.807, 2.05) is 42.5 Å². The largest absolute Gasteiger partial charge is 0.491 e. The minimum absolute atomic E-state index is 0.147. The molecule has 208 valence electrons. The first-order chi connectivity index (χ1) is 19.5. The third kappa shape index (κ3) is 4.87. The normalized spacial score (nSPS) is 14.4. The van der Waals surface area contributed by atoms with Gasteiger partial charge < -0.3 is 20.1 Å². The number of ether oxygens (including phenoxy) is 2. The maximum atomic E-state index is 13.3. The van der Waals surface area contributed by atoms with Crippen molar-refractivity contribution in [1.29, 1.82) is 0 Å². The van der Waals surface area contributed by atoms with Crippen molar-refractivity contribution in [3.8, 4) is 17.1 Å². The van der Waals surface area contributed by atoms with Crippen LogP contribution in [-0.2, 0) is 18.3 Å². The van der Waals surface area contributed by atoms with Gasteiger partial charge in [-0.3, -0.25) is 14.0 Å². The zero-order chi connectivity index (χ0) is 27.6. The molecule has 2 N–H and O–H groups in total. The van der Waals surface area contributed by atoms with Crippen LogP contribution in [0.1, 0.15) is 0 Å². The lowest BCUT2D eigenvalue weighted by Gasteiger charge is -2.36. The van der Waals surface area contributed by atoms with Crippen LogP contribution in [-0.4, -0.2) is 86.7 Å². The quantitative estimate of drug-likeness (QED) is 0.278. The van der Waals surface area contributed by atoms with Crippen LogP contribution < -0.4 is 21.1 Å². The molecule has 1 fully saturated rings. The van der Waals surface area contributed by atoms with Gasteiger partial charge in [-0.2, -0.15) is 9.50 Å². The number of anilines is 2. The van der Waals surface area contributed by atoms with E-state index in [4.69, 9.17) is 20.2 Å². The minimum atomic E-state index is -0.147. The van der Waals surface area contributed by atoms with Crippen molar-refractivity contribution in [2.75, 3.05) is 63.7 Å². The van der Waals surface area contributed by atoms with Gasteiger partial charge in [-0.1, -0.05) is 30.3 Å². The first kappa shape index (κ1) is 25.8. The van der Waals surface area contributed by atoms with Crippen molar-refractivity contribution >= 4 is 28.4 Å². The molecule has 0 unspecified atom stereocenters. The zero-order valence-corrected chi connectivity index (χ0v) is 22.7. The highest BCUT2D eigenvalue weighted by Crippen LogP contribution is 2.23. The van der Waals surface area contributed by atoms with Crippen LogP contribution in [0.2, 0.25) is 0 Å². The van der Waals surface area contributed by atoms with Gasteiger partial charge in [0.25, 0.3) is 0 Å². The standard InChI is InChI=1S/C28H33N9O3/c1-33-23-25(31-27(29)37-26(23)30-24(32-37)20-6-4-3-5-7-20)36(28(33)38)17-14-34-12-15-35(16-13-34)21-8-10-22(11-9-21)40-19-18-39-2/h3-11H,12-19H2,1-2H3,(H2,29,31). The van der Waals surface area contributed by atoms with E-state index >= 15 is 0 Å². The molecular formula is C28H33N9O3. The molecule has 40 heavy (non-hydrogen) atoms. The van der Waals surface area contributed by atoms with E-state index in [2.05, 4.69) is 32.0 Å². The summed E-state index contributed by atoms with van der Waals surface area (Å²) in [6.07, 6.45) is 0. The number of hydrogen-bond donors (Lipinski definition) is 1. The smallest absolute Gasteiger partial charge is 0.330 e. The van der Waals surface area contributed by atoms with Crippen molar-refractivity contribution in [3.63, 3.8) is 0 Å². The predicted molar refractivity (Wildman–Crippen MR) is 154 cm³/mol. The van der Waals surface area contributed by atoms with Crippen molar-refractivity contribution in [1.82, 2.24) is 33.6 Å². The lowest BCUT2D eigenvalue weighted by atomic mass is 10.2. The number of imidazole rings is 1. The lowest BCUT2D eigenvalue weighted by Crippen LogP contribution is -2.47. The van der Waals surface area contributed by atoms with E-state index in [1.54, 1.807) is 23.3 Å². The average molecular weight is 544 g/mol. The molecular weight excluding hydrogens is 510 g/mol. The topological polar surface area (TPSA) is 121 Å². The maximum Gasteiger partial charge on any atom is 0.330 e. The molecule has 12 nitrogen and oxygen atoms in total. The van der Waals surface area contributed by atoms with Crippen molar-refractivity contribution in [2.45, 2.75) is 6.54 Å². The molecule has 0 radical (unpaired) electrons. The lowest BCUT2D eigenvalue weighted by molar-refractivity contribution is 0.146. The Labute approximate surface area is 231 Å². The van der Waals surface area contributed by atoms with E-state index in [1.165, 1.54) is 10.2 Å². The molecule has 6 rings (SSSR count). The third-order valence-electron chi connectivity index (χ3n) is 7.38. The maximum absolute atomic E-state index is 13.3. The molecule has 1 aliphatic heterocycles. The monoisotopic (exact) mass is 543 g/mol. The number of piperazine rings is 1. The molecule has 0 spiro atoms. The Morgan fingerprint density at radius 2 is 1.65 bits per heavy atom. The van der Waals surface area contributed by atoms with E-state index in [0.717, 1.165) is 44.0 Å². The Morgan fingerprint density at radius 3 is 2.38 bits per heavy atom. The van der Waals surface area contributed by atoms with E-state index in [9.17, 15) is 4.79 Å². The number of nitrogens with two attached hydrogens (primary N) is 1. The summed E-state index contributed by atoms with van der Waals surface area (Å²) in [7, 11) is 3.40. The first-order valence-electron chi connectivity index (χ1n) is 13.4. The van der Waals surface area contributed by atoms with Gasteiger partial charge >= 0.3 is 5.69 Å². The Hall–Kier alpha value is -4.42. The number of fused-ring (bicyclic) bond motifs is 3. The summed E-state index contributed by atoms with van der Waals surface area (Å²) in [4.78, 5) is 27.3. The molecule has 2 aromatic carbocycles. The molecule has 0 bridgehead atoms. The van der Waals surface area contributed by atoms with Crippen molar-refractivity contribution in [3.05, 3.63) is 65.1 Å². The summed E-state index contributed by atoms with van der Waals surface area (Å²) >= 11 is 0. The average Bonchev–Trinajstić information content (AvgIpc) is 3.53. The van der Waals surface area contributed by atoms with Gasteiger partial charge in [0, 0.05) is 64.7 Å². The zero-order valence-electron chi connectivity index (χ0n) is 22.7. The number of hydrogen-bond acceptors (Lipinski definition) is 9. The fourth-order valence-corrected chi connectivity index (χ4v) is 5.17. The number of methoxy groups -OCH3 is 1. The Bertz CT molecular complexity index is 1670. The fourth-order valence-electron chi connectivity index (χ4n) is 5.17. The molecule has 5 aromatic rings. The van der Waals surface area contributed by atoms with Crippen molar-refractivity contribution < 1.29 is 9.47 Å². The van der Waals surface area contributed by atoms with Crippen LogP contribution in [0.3, 0.4) is 0 Å². The molecule has 4 heterocycles. The fraction of sp³-hybridized carbons (Fsp3) is 0.357. The number of rotatable bonds is 9. The summed E-state index contributed by atoms with van der Waals surface area (Å²) in [5, 5.41) is 4.55. The third-order valence-corrected chi connectivity index (χ3v) is 7.38. The first-order valence-corrected chi connectivity index (χ1v) is 13.4. The van der Waals surface area contributed by atoms with Crippen LogP contribution in [0.5, 0.6) is 5.75 Å². The van der Waals surface area contributed by atoms with Crippen molar-refractivity contribution in [2.24, 2.45) is 7.05 Å². The number of nitrogens with zero attached hydrogens (tertiary/aromatic N) is 8. The molecule has 0 saturated carbocycles. The molecule has 0 amide bonds. The van der Waals surface area contributed by atoms with Crippen LogP contribution >= 0.6 is 0 Å². The summed E-state index contributed by atoms with van der Waals surface area (Å²) in [5.74, 6) is 1.57. The Morgan fingerprint density at radius 1 is 0.900 bits per heavy atom. The van der Waals surface area contributed by atoms with Crippen LogP contribution in [0, 0.1) is 0 Å². The second-order valence-electron chi connectivity index (χ2n) is 9.84. The molecule has 3 aromatic heterocycles. The minimum Gasteiger partial charge on any atom is -0.491 e. The predicted octanol–water partition coefficient (Wildman–Crippen LogP) is 1.87. The molecule has 1 aliphatic rings. The van der Waals surface area contributed by atoms with E-state index in [-0.39, 0.29) is 11.6 Å². The van der Waals surface area contributed by atoms with Gasteiger partial charge in [0.2, 0.25) is 5.95 Å². The van der Waals surface area contributed by atoms with Crippen LogP contribution in [0.4, 0.5) is 11.6 Å². The number of aromatic nitrogens is 6. The second kappa shape index (κ2) is 11.0. The van der Waals surface area contributed by atoms with Gasteiger partial charge in [-0.05, 0) is 24.3 Å². The van der Waals surface area contributed by atoms with Crippen LogP contribution in [0.15, 0.2) is 59.4 Å². The summed E-state index contributed by atoms with van der Waals surface area (Å²) in [6, 6.07) is 17.9. The summed E-state index contributed by atoms with van der Waals surface area (Å²) in [5.41, 5.74) is 9.84. The van der Waals surface area contributed by atoms with Gasteiger partial charge in [-0.25, -0.2) is 9.78 Å². The van der Waals surface area contributed by atoms with E-state index < -0.39 is 0 Å². The summed E-state index contributed by atoms with van der Waals surface area (Å²) in [6.45, 7) is 5.95.